The van der Waals surface area contributed by atoms with Crippen LogP contribution in [0.15, 0.2) is 53.9 Å². The average Bonchev–Trinajstić information content (AvgIpc) is 3.44. The number of sulfonamides is 1. The maximum atomic E-state index is 12.8. The van der Waals surface area contributed by atoms with Gasteiger partial charge in [-0.05, 0) is 44.0 Å². The molecule has 1 fully saturated rings. The zero-order valence-electron chi connectivity index (χ0n) is 15.2. The van der Waals surface area contributed by atoms with E-state index < -0.39 is 10.0 Å². The van der Waals surface area contributed by atoms with Gasteiger partial charge in [0.1, 0.15) is 0 Å². The first-order valence-corrected chi connectivity index (χ1v) is 11.3. The Hall–Kier alpha value is -2.71. The molecule has 0 saturated heterocycles. The van der Waals surface area contributed by atoms with Crippen LogP contribution in [0.5, 0.6) is 0 Å². The molecule has 6 nitrogen and oxygen atoms in total. The van der Waals surface area contributed by atoms with Crippen LogP contribution < -0.4 is 10.0 Å². The van der Waals surface area contributed by atoms with Crippen LogP contribution >= 0.6 is 11.3 Å². The monoisotopic (exact) mass is 413 g/mol. The van der Waals surface area contributed by atoms with Crippen molar-refractivity contribution in [1.82, 2.24) is 4.98 Å². The lowest BCUT2D eigenvalue weighted by Gasteiger charge is -2.13. The van der Waals surface area contributed by atoms with Crippen LogP contribution in [0, 0.1) is 6.92 Å². The molecule has 0 radical (unpaired) electrons. The maximum Gasteiger partial charge on any atom is 0.257 e. The Balaban J connectivity index is 1.56. The molecule has 8 heteroatoms. The number of amides is 1. The van der Waals surface area contributed by atoms with Crippen molar-refractivity contribution in [3.8, 4) is 11.3 Å². The summed E-state index contributed by atoms with van der Waals surface area (Å²) in [6.07, 6.45) is 1.32. The molecule has 0 bridgehead atoms. The maximum absolute atomic E-state index is 12.8. The van der Waals surface area contributed by atoms with Gasteiger partial charge in [0, 0.05) is 16.6 Å². The molecule has 0 aliphatic heterocycles. The second kappa shape index (κ2) is 7.37. The third-order valence-corrected chi connectivity index (χ3v) is 7.05. The minimum absolute atomic E-state index is 0.279. The fourth-order valence-corrected chi connectivity index (χ4v) is 4.87. The van der Waals surface area contributed by atoms with Crippen LogP contribution in [0.1, 0.15) is 28.2 Å². The van der Waals surface area contributed by atoms with E-state index in [1.807, 2.05) is 30.5 Å². The largest absolute Gasteiger partial charge is 0.322 e. The molecule has 1 heterocycles. The average molecular weight is 414 g/mol. The summed E-state index contributed by atoms with van der Waals surface area (Å²) in [4.78, 5) is 17.3. The van der Waals surface area contributed by atoms with Crippen LogP contribution in [0.25, 0.3) is 11.3 Å². The summed E-state index contributed by atoms with van der Waals surface area (Å²) in [5.74, 6) is -0.374. The predicted molar refractivity (Wildman–Crippen MR) is 112 cm³/mol. The number of aryl methyl sites for hydroxylation is 1. The smallest absolute Gasteiger partial charge is 0.257 e. The summed E-state index contributed by atoms with van der Waals surface area (Å²) in [7, 11) is -3.45. The van der Waals surface area contributed by atoms with E-state index in [0.717, 1.165) is 16.3 Å². The van der Waals surface area contributed by atoms with Crippen molar-refractivity contribution >= 4 is 38.6 Å². The number of hydrogen-bond donors (Lipinski definition) is 2. The van der Waals surface area contributed by atoms with Gasteiger partial charge in [-0.2, -0.15) is 0 Å². The molecule has 1 aliphatic carbocycles. The van der Waals surface area contributed by atoms with Crippen molar-refractivity contribution in [2.24, 2.45) is 0 Å². The van der Waals surface area contributed by atoms with Crippen LogP contribution in [0.4, 0.5) is 11.4 Å². The number of carbonyl (C=O) groups is 1. The molecule has 1 saturated carbocycles. The fraction of sp³-hybridized carbons (Fsp3) is 0.200. The lowest BCUT2D eigenvalue weighted by atomic mass is 10.1. The van der Waals surface area contributed by atoms with Gasteiger partial charge in [-0.25, -0.2) is 13.4 Å². The number of nitrogens with zero attached hydrogens (tertiary/aromatic N) is 1. The van der Waals surface area contributed by atoms with E-state index in [9.17, 15) is 13.2 Å². The van der Waals surface area contributed by atoms with E-state index >= 15 is 0 Å². The standard InChI is InChI=1S/C20H19N3O3S2/c1-13-21-19(12-27-13)14-5-4-6-15(11-14)22-20(24)17-7-2-3-8-18(17)23-28(25,26)16-9-10-16/h2-8,11-12,16,23H,9-10H2,1H3,(H,22,24). The summed E-state index contributed by atoms with van der Waals surface area (Å²) in [6, 6.07) is 14.0. The molecule has 1 aromatic heterocycles. The van der Waals surface area contributed by atoms with Gasteiger partial charge in [-0.15, -0.1) is 11.3 Å². The van der Waals surface area contributed by atoms with Crippen molar-refractivity contribution in [2.45, 2.75) is 25.0 Å². The molecule has 2 N–H and O–H groups in total. The number of carbonyl (C=O) groups excluding carboxylic acids is 1. The van der Waals surface area contributed by atoms with Gasteiger partial charge < -0.3 is 5.32 Å². The summed E-state index contributed by atoms with van der Waals surface area (Å²) in [6.45, 7) is 1.94. The quantitative estimate of drug-likeness (QED) is 0.631. The Morgan fingerprint density at radius 1 is 1.14 bits per heavy atom. The molecule has 3 aromatic rings. The van der Waals surface area contributed by atoms with Gasteiger partial charge in [-0.1, -0.05) is 24.3 Å². The highest BCUT2D eigenvalue weighted by Crippen LogP contribution is 2.31. The number of benzene rings is 2. The normalized spacial score (nSPS) is 13.9. The molecule has 1 aliphatic rings. The highest BCUT2D eigenvalue weighted by atomic mass is 32.2. The van der Waals surface area contributed by atoms with Crippen molar-refractivity contribution in [2.75, 3.05) is 10.0 Å². The zero-order valence-corrected chi connectivity index (χ0v) is 16.8. The molecular weight excluding hydrogens is 394 g/mol. The van der Waals surface area contributed by atoms with Crippen molar-refractivity contribution in [3.63, 3.8) is 0 Å². The lowest BCUT2D eigenvalue weighted by molar-refractivity contribution is 0.102. The molecule has 144 valence electrons. The molecule has 4 rings (SSSR count). The molecule has 0 atom stereocenters. The summed E-state index contributed by atoms with van der Waals surface area (Å²) in [5, 5.41) is 5.43. The van der Waals surface area contributed by atoms with E-state index in [1.165, 1.54) is 0 Å². The van der Waals surface area contributed by atoms with E-state index in [-0.39, 0.29) is 22.4 Å². The Kier molecular flexibility index (Phi) is 4.91. The number of rotatable bonds is 6. The molecule has 1 amide bonds. The lowest BCUT2D eigenvalue weighted by Crippen LogP contribution is -2.21. The molecule has 28 heavy (non-hydrogen) atoms. The second-order valence-electron chi connectivity index (χ2n) is 6.68. The number of anilines is 2. The van der Waals surface area contributed by atoms with E-state index in [2.05, 4.69) is 15.0 Å². The number of hydrogen-bond acceptors (Lipinski definition) is 5. The third kappa shape index (κ3) is 4.07. The Labute approximate surface area is 167 Å². The summed E-state index contributed by atoms with van der Waals surface area (Å²) < 4.78 is 27.1. The van der Waals surface area contributed by atoms with Crippen molar-refractivity contribution in [1.29, 1.82) is 0 Å². The number of thiazole rings is 1. The van der Waals surface area contributed by atoms with Gasteiger partial charge in [0.2, 0.25) is 10.0 Å². The minimum Gasteiger partial charge on any atom is -0.322 e. The zero-order chi connectivity index (χ0) is 19.7. The number of para-hydroxylation sites is 1. The molecule has 0 spiro atoms. The van der Waals surface area contributed by atoms with Crippen molar-refractivity contribution < 1.29 is 13.2 Å². The molecule has 0 unspecified atom stereocenters. The van der Waals surface area contributed by atoms with Gasteiger partial charge in [0.15, 0.2) is 0 Å². The van der Waals surface area contributed by atoms with Crippen LogP contribution in [-0.4, -0.2) is 24.6 Å². The second-order valence-corrected chi connectivity index (χ2v) is 9.70. The SMILES string of the molecule is Cc1nc(-c2cccc(NC(=O)c3ccccc3NS(=O)(=O)C3CC3)c2)cs1. The van der Waals surface area contributed by atoms with Gasteiger partial charge in [-0.3, -0.25) is 9.52 Å². The van der Waals surface area contributed by atoms with Crippen LogP contribution in [0.3, 0.4) is 0 Å². The van der Waals surface area contributed by atoms with Gasteiger partial charge in [0.25, 0.3) is 5.91 Å². The first-order chi connectivity index (χ1) is 13.4. The predicted octanol–water partition coefficient (Wildman–Crippen LogP) is 4.27. The summed E-state index contributed by atoms with van der Waals surface area (Å²) in [5.41, 5.74) is 2.95. The Morgan fingerprint density at radius 2 is 1.93 bits per heavy atom. The van der Waals surface area contributed by atoms with E-state index in [4.69, 9.17) is 0 Å². The first kappa shape index (κ1) is 18.6. The fourth-order valence-electron chi connectivity index (χ4n) is 2.84. The highest BCUT2D eigenvalue weighted by molar-refractivity contribution is 7.93. The van der Waals surface area contributed by atoms with Gasteiger partial charge in [0.05, 0.1) is 27.2 Å². The highest BCUT2D eigenvalue weighted by Gasteiger charge is 2.36. The van der Waals surface area contributed by atoms with Crippen LogP contribution in [0.2, 0.25) is 0 Å². The summed E-state index contributed by atoms with van der Waals surface area (Å²) >= 11 is 1.57. The van der Waals surface area contributed by atoms with E-state index in [1.54, 1.807) is 41.7 Å². The topological polar surface area (TPSA) is 88.2 Å². The molecule has 2 aromatic carbocycles. The number of nitrogens with one attached hydrogen (secondary N) is 2. The molecular formula is C20H19N3O3S2. The minimum atomic E-state index is -3.45. The first-order valence-electron chi connectivity index (χ1n) is 8.87. The van der Waals surface area contributed by atoms with E-state index in [0.29, 0.717) is 18.5 Å². The van der Waals surface area contributed by atoms with Crippen LogP contribution in [-0.2, 0) is 10.0 Å². The van der Waals surface area contributed by atoms with Crippen molar-refractivity contribution in [3.05, 3.63) is 64.5 Å². The third-order valence-electron chi connectivity index (χ3n) is 4.42. The van der Waals surface area contributed by atoms with Gasteiger partial charge >= 0.3 is 0 Å². The number of aromatic nitrogens is 1. The Morgan fingerprint density at radius 3 is 2.64 bits per heavy atom. The Bertz CT molecular complexity index is 1130.